The average Bonchev–Trinajstić information content (AvgIpc) is 3.15. The van der Waals surface area contributed by atoms with E-state index in [9.17, 15) is 14.4 Å². The lowest BCUT2D eigenvalue weighted by Crippen LogP contribution is -2.40. The van der Waals surface area contributed by atoms with Gasteiger partial charge in [-0.3, -0.25) is 23.1 Å². The van der Waals surface area contributed by atoms with Gasteiger partial charge in [0.1, 0.15) is 5.78 Å². The van der Waals surface area contributed by atoms with E-state index in [1.54, 1.807) is 6.20 Å². The minimum Gasteiger partial charge on any atom is -0.423 e. The highest BCUT2D eigenvalue weighted by atomic mass is 16.4. The molecule has 0 saturated carbocycles. The van der Waals surface area contributed by atoms with E-state index in [0.717, 1.165) is 10.1 Å². The first-order valence-corrected chi connectivity index (χ1v) is 7.63. The molecule has 8 heteroatoms. The Labute approximate surface area is 140 Å². The van der Waals surface area contributed by atoms with Crippen LogP contribution in [0, 0.1) is 0 Å². The van der Waals surface area contributed by atoms with Crippen molar-refractivity contribution in [3.8, 4) is 11.3 Å². The second kappa shape index (κ2) is 5.30. The van der Waals surface area contributed by atoms with E-state index in [1.165, 1.54) is 22.9 Å². The summed E-state index contributed by atoms with van der Waals surface area (Å²) in [6.07, 6.45) is 1.66. The number of carbonyl (C=O) groups excluding carboxylic acids is 1. The molecular formula is C17H14N4O4. The van der Waals surface area contributed by atoms with Crippen molar-refractivity contribution in [2.75, 3.05) is 0 Å². The lowest BCUT2D eigenvalue weighted by molar-refractivity contribution is -0.117. The minimum absolute atomic E-state index is 0.198. The van der Waals surface area contributed by atoms with Crippen LogP contribution in [0.25, 0.3) is 28.3 Å². The summed E-state index contributed by atoms with van der Waals surface area (Å²) in [5.41, 5.74) is 0.102. The molecule has 0 aliphatic heterocycles. The van der Waals surface area contributed by atoms with Gasteiger partial charge in [0, 0.05) is 12.6 Å². The van der Waals surface area contributed by atoms with E-state index in [2.05, 4.69) is 4.98 Å². The molecule has 0 radical (unpaired) electrons. The van der Waals surface area contributed by atoms with Gasteiger partial charge in [-0.1, -0.05) is 30.3 Å². The fraction of sp³-hybridized carbons (Fsp3) is 0.176. The number of hydrogen-bond acceptors (Lipinski definition) is 5. The van der Waals surface area contributed by atoms with E-state index in [4.69, 9.17) is 4.42 Å². The van der Waals surface area contributed by atoms with Gasteiger partial charge in [-0.05, 0) is 6.92 Å². The van der Waals surface area contributed by atoms with Gasteiger partial charge in [-0.25, -0.2) is 4.79 Å². The molecule has 4 aromatic rings. The number of benzene rings is 1. The zero-order valence-electron chi connectivity index (χ0n) is 13.6. The minimum atomic E-state index is -0.586. The zero-order chi connectivity index (χ0) is 17.7. The Kier molecular flexibility index (Phi) is 3.21. The van der Waals surface area contributed by atoms with Gasteiger partial charge in [-0.15, -0.1) is 0 Å². The molecule has 0 spiro atoms. The molecule has 0 saturated heterocycles. The zero-order valence-corrected chi connectivity index (χ0v) is 13.6. The summed E-state index contributed by atoms with van der Waals surface area (Å²) in [4.78, 5) is 40.7. The molecule has 1 aromatic carbocycles. The third-order valence-electron chi connectivity index (χ3n) is 4.03. The van der Waals surface area contributed by atoms with Crippen LogP contribution in [0.5, 0.6) is 0 Å². The smallest absolute Gasteiger partial charge is 0.332 e. The number of Topliss-reactive ketones (excluding diaryl/α,β-unsaturated/α-hetero) is 1. The molecule has 0 fully saturated rings. The number of carbonyl (C=O) groups is 1. The second-order valence-corrected chi connectivity index (χ2v) is 5.83. The molecule has 0 N–H and O–H groups in total. The van der Waals surface area contributed by atoms with Crippen LogP contribution in [0.4, 0.5) is 0 Å². The number of imidazole rings is 1. The molecule has 0 unspecified atom stereocenters. The van der Waals surface area contributed by atoms with E-state index < -0.39 is 11.2 Å². The Balaban J connectivity index is 2.06. The molecule has 0 amide bonds. The summed E-state index contributed by atoms with van der Waals surface area (Å²) >= 11 is 0. The molecule has 3 heterocycles. The summed E-state index contributed by atoms with van der Waals surface area (Å²) < 4.78 is 9.39. The van der Waals surface area contributed by atoms with Gasteiger partial charge in [0.05, 0.1) is 12.7 Å². The summed E-state index contributed by atoms with van der Waals surface area (Å²) in [6.45, 7) is 1.05. The van der Waals surface area contributed by atoms with E-state index in [0.29, 0.717) is 5.76 Å². The average molecular weight is 338 g/mol. The first kappa shape index (κ1) is 15.1. The van der Waals surface area contributed by atoms with E-state index in [-0.39, 0.29) is 29.3 Å². The third-order valence-corrected chi connectivity index (χ3v) is 4.03. The quantitative estimate of drug-likeness (QED) is 0.560. The number of aromatic nitrogens is 4. The topological polar surface area (TPSA) is 91.5 Å². The van der Waals surface area contributed by atoms with E-state index >= 15 is 0 Å². The molecule has 8 nitrogen and oxygen atoms in total. The van der Waals surface area contributed by atoms with Gasteiger partial charge in [0.15, 0.2) is 16.9 Å². The molecule has 0 aliphatic carbocycles. The molecule has 4 rings (SSSR count). The van der Waals surface area contributed by atoms with Crippen LogP contribution in [0.15, 0.2) is 50.5 Å². The van der Waals surface area contributed by atoms with Crippen molar-refractivity contribution < 1.29 is 9.21 Å². The number of aryl methyl sites for hydroxylation is 1. The molecule has 0 bridgehead atoms. The molecule has 3 aromatic heterocycles. The van der Waals surface area contributed by atoms with Crippen molar-refractivity contribution in [3.05, 3.63) is 57.4 Å². The fourth-order valence-corrected chi connectivity index (χ4v) is 2.85. The molecular weight excluding hydrogens is 324 g/mol. The highest BCUT2D eigenvalue weighted by molar-refractivity contribution is 5.78. The number of oxazole rings is 1. The van der Waals surface area contributed by atoms with Crippen molar-refractivity contribution in [3.63, 3.8) is 0 Å². The van der Waals surface area contributed by atoms with E-state index in [1.807, 2.05) is 30.3 Å². The first-order chi connectivity index (χ1) is 12.0. The maximum Gasteiger partial charge on any atom is 0.332 e. The standard InChI is InChI=1S/C17H14N4O4/c1-10(22)8-21-15(23)13-14(19(2)17(21)24)18-16-20(13)9-12(25-16)11-6-4-3-5-7-11/h3-7,9H,8H2,1-2H3. The largest absolute Gasteiger partial charge is 0.423 e. The van der Waals surface area contributed by atoms with Crippen LogP contribution in [0.1, 0.15) is 6.92 Å². The van der Waals surface area contributed by atoms with Crippen LogP contribution in [-0.2, 0) is 18.4 Å². The van der Waals surface area contributed by atoms with Crippen molar-refractivity contribution in [1.82, 2.24) is 18.5 Å². The van der Waals surface area contributed by atoms with Crippen molar-refractivity contribution >= 4 is 22.8 Å². The number of fused-ring (bicyclic) bond motifs is 3. The monoisotopic (exact) mass is 338 g/mol. The summed E-state index contributed by atoms with van der Waals surface area (Å²) in [5, 5.41) is 0. The van der Waals surface area contributed by atoms with Crippen LogP contribution < -0.4 is 11.2 Å². The molecule has 25 heavy (non-hydrogen) atoms. The molecule has 126 valence electrons. The molecule has 0 atom stereocenters. The maximum atomic E-state index is 12.8. The Hall–Kier alpha value is -3.42. The predicted octanol–water partition coefficient (Wildman–Crippen LogP) is 1.20. The number of ketones is 1. The number of rotatable bonds is 3. The van der Waals surface area contributed by atoms with Crippen LogP contribution >= 0.6 is 0 Å². The second-order valence-electron chi connectivity index (χ2n) is 5.83. The van der Waals surface area contributed by atoms with Gasteiger partial charge < -0.3 is 4.42 Å². The van der Waals surface area contributed by atoms with Crippen LogP contribution in [0.3, 0.4) is 0 Å². The predicted molar refractivity (Wildman–Crippen MR) is 90.6 cm³/mol. The maximum absolute atomic E-state index is 12.8. The Morgan fingerprint density at radius 3 is 2.60 bits per heavy atom. The Morgan fingerprint density at radius 1 is 1.20 bits per heavy atom. The van der Waals surface area contributed by atoms with Crippen molar-refractivity contribution in [2.24, 2.45) is 7.05 Å². The number of nitrogens with zero attached hydrogens (tertiary/aromatic N) is 4. The lowest BCUT2D eigenvalue weighted by Gasteiger charge is -2.05. The van der Waals surface area contributed by atoms with Crippen LogP contribution in [-0.4, -0.2) is 24.3 Å². The van der Waals surface area contributed by atoms with Crippen molar-refractivity contribution in [1.29, 1.82) is 0 Å². The Morgan fingerprint density at radius 2 is 1.92 bits per heavy atom. The van der Waals surface area contributed by atoms with Gasteiger partial charge in [0.2, 0.25) is 0 Å². The first-order valence-electron chi connectivity index (χ1n) is 7.63. The normalized spacial score (nSPS) is 11.4. The highest BCUT2D eigenvalue weighted by Gasteiger charge is 2.20. The van der Waals surface area contributed by atoms with Gasteiger partial charge in [0.25, 0.3) is 5.56 Å². The summed E-state index contributed by atoms with van der Waals surface area (Å²) in [6, 6.07) is 9.40. The van der Waals surface area contributed by atoms with Gasteiger partial charge >= 0.3 is 11.5 Å². The van der Waals surface area contributed by atoms with Crippen LogP contribution in [0.2, 0.25) is 0 Å². The fourth-order valence-electron chi connectivity index (χ4n) is 2.85. The van der Waals surface area contributed by atoms with Gasteiger partial charge in [-0.2, -0.15) is 4.98 Å². The SMILES string of the molecule is CC(=O)Cn1c(=O)c2c(nc3oc(-c4ccccc4)cn32)n(C)c1=O. The third kappa shape index (κ3) is 2.22. The van der Waals surface area contributed by atoms with Crippen molar-refractivity contribution in [2.45, 2.75) is 13.5 Å². The summed E-state index contributed by atoms with van der Waals surface area (Å²) in [7, 11) is 1.51. The number of hydrogen-bond donors (Lipinski definition) is 0. The molecule has 0 aliphatic rings. The lowest BCUT2D eigenvalue weighted by atomic mass is 10.2. The summed E-state index contributed by atoms with van der Waals surface area (Å²) in [5.74, 6) is 0.481. The highest BCUT2D eigenvalue weighted by Crippen LogP contribution is 2.24. The Bertz CT molecular complexity index is 1240.